The van der Waals surface area contributed by atoms with Crippen molar-refractivity contribution in [1.29, 1.82) is 0 Å². The SMILES string of the molecule is O=C1NC(=O)N(c2cccc(Br)c2)C(=O)/C1=C\c1ccc(N2CCCC2)c(F)c1. The minimum absolute atomic E-state index is 0.238. The molecule has 2 aromatic rings. The van der Waals surface area contributed by atoms with E-state index < -0.39 is 23.7 Å². The van der Waals surface area contributed by atoms with E-state index in [1.165, 1.54) is 12.1 Å². The number of hydrogen-bond donors (Lipinski definition) is 1. The van der Waals surface area contributed by atoms with E-state index in [0.717, 1.165) is 30.8 Å². The topological polar surface area (TPSA) is 69.7 Å². The first-order valence-electron chi connectivity index (χ1n) is 9.15. The summed E-state index contributed by atoms with van der Waals surface area (Å²) in [6.45, 7) is 1.61. The predicted octanol–water partition coefficient (Wildman–Crippen LogP) is 3.85. The number of rotatable bonds is 3. The maximum atomic E-state index is 14.6. The minimum Gasteiger partial charge on any atom is -0.369 e. The molecule has 0 unspecified atom stereocenters. The lowest BCUT2D eigenvalue weighted by Gasteiger charge is -2.26. The van der Waals surface area contributed by atoms with E-state index in [-0.39, 0.29) is 5.57 Å². The Labute approximate surface area is 175 Å². The number of carbonyl (C=O) groups is 3. The summed E-state index contributed by atoms with van der Waals surface area (Å²) in [5.74, 6) is -1.99. The summed E-state index contributed by atoms with van der Waals surface area (Å²) in [5.41, 5.74) is 0.955. The van der Waals surface area contributed by atoms with Gasteiger partial charge in [-0.05, 0) is 54.8 Å². The highest BCUT2D eigenvalue weighted by Crippen LogP contribution is 2.27. The first-order valence-corrected chi connectivity index (χ1v) is 9.95. The Hall–Kier alpha value is -3.00. The van der Waals surface area contributed by atoms with Crippen molar-refractivity contribution in [3.8, 4) is 0 Å². The largest absolute Gasteiger partial charge is 0.369 e. The fourth-order valence-electron chi connectivity index (χ4n) is 3.50. The van der Waals surface area contributed by atoms with Crippen LogP contribution < -0.4 is 15.1 Å². The third-order valence-electron chi connectivity index (χ3n) is 4.90. The number of imide groups is 2. The number of anilines is 2. The molecule has 0 bridgehead atoms. The molecular formula is C21H17BrFN3O3. The van der Waals surface area contributed by atoms with Crippen LogP contribution >= 0.6 is 15.9 Å². The molecule has 2 heterocycles. The fraction of sp³-hybridized carbons (Fsp3) is 0.190. The summed E-state index contributed by atoms with van der Waals surface area (Å²) in [6.07, 6.45) is 3.35. The maximum absolute atomic E-state index is 14.6. The van der Waals surface area contributed by atoms with Gasteiger partial charge in [0.1, 0.15) is 11.4 Å². The summed E-state index contributed by atoms with van der Waals surface area (Å²) < 4.78 is 15.3. The van der Waals surface area contributed by atoms with Gasteiger partial charge >= 0.3 is 6.03 Å². The van der Waals surface area contributed by atoms with Crippen molar-refractivity contribution >= 4 is 51.2 Å². The molecule has 4 amide bonds. The Morgan fingerprint density at radius 2 is 1.79 bits per heavy atom. The quantitative estimate of drug-likeness (QED) is 0.561. The number of nitrogens with zero attached hydrogens (tertiary/aromatic N) is 2. The smallest absolute Gasteiger partial charge is 0.335 e. The highest BCUT2D eigenvalue weighted by atomic mass is 79.9. The Kier molecular flexibility index (Phi) is 5.19. The van der Waals surface area contributed by atoms with Gasteiger partial charge in [0.15, 0.2) is 0 Å². The Bertz CT molecular complexity index is 1050. The van der Waals surface area contributed by atoms with Crippen molar-refractivity contribution in [3.05, 3.63) is 63.9 Å². The predicted molar refractivity (Wildman–Crippen MR) is 111 cm³/mol. The van der Waals surface area contributed by atoms with Crippen LogP contribution in [0.5, 0.6) is 0 Å². The summed E-state index contributed by atoms with van der Waals surface area (Å²) in [7, 11) is 0. The van der Waals surface area contributed by atoms with Crippen LogP contribution in [0.25, 0.3) is 6.08 Å². The maximum Gasteiger partial charge on any atom is 0.335 e. The zero-order valence-corrected chi connectivity index (χ0v) is 16.9. The second-order valence-electron chi connectivity index (χ2n) is 6.84. The zero-order chi connectivity index (χ0) is 20.5. The first kappa shape index (κ1) is 19.3. The van der Waals surface area contributed by atoms with Gasteiger partial charge in [-0.25, -0.2) is 14.1 Å². The minimum atomic E-state index is -0.828. The number of amides is 4. The van der Waals surface area contributed by atoms with Gasteiger partial charge in [0.05, 0.1) is 11.4 Å². The van der Waals surface area contributed by atoms with E-state index in [4.69, 9.17) is 0 Å². The van der Waals surface area contributed by atoms with Gasteiger partial charge in [0.2, 0.25) is 0 Å². The molecule has 0 aromatic heterocycles. The number of urea groups is 1. The van der Waals surface area contributed by atoms with Crippen molar-refractivity contribution in [3.63, 3.8) is 0 Å². The molecule has 0 radical (unpaired) electrons. The average Bonchev–Trinajstić information content (AvgIpc) is 3.19. The van der Waals surface area contributed by atoms with Crippen LogP contribution in [0.1, 0.15) is 18.4 Å². The standard InChI is InChI=1S/C21H17BrFN3O3/c22-14-4-3-5-15(12-14)26-20(28)16(19(27)24-21(26)29)10-13-6-7-18(17(23)11-13)25-8-1-2-9-25/h3-7,10-12H,1-2,8-9H2,(H,24,27,29)/b16-10-. The molecule has 148 valence electrons. The summed E-state index contributed by atoms with van der Waals surface area (Å²) in [4.78, 5) is 40.2. The molecule has 0 aliphatic carbocycles. The van der Waals surface area contributed by atoms with E-state index in [0.29, 0.717) is 21.4 Å². The highest BCUT2D eigenvalue weighted by Gasteiger charge is 2.36. The molecule has 2 fully saturated rings. The van der Waals surface area contributed by atoms with Gasteiger partial charge in [-0.15, -0.1) is 0 Å². The Morgan fingerprint density at radius 1 is 1.03 bits per heavy atom. The third kappa shape index (κ3) is 3.80. The molecule has 2 aliphatic heterocycles. The van der Waals surface area contributed by atoms with Gasteiger partial charge < -0.3 is 4.90 Å². The van der Waals surface area contributed by atoms with Crippen LogP contribution in [0.3, 0.4) is 0 Å². The molecule has 2 saturated heterocycles. The third-order valence-corrected chi connectivity index (χ3v) is 5.39. The van der Waals surface area contributed by atoms with Crippen molar-refractivity contribution in [2.75, 3.05) is 22.9 Å². The molecule has 0 atom stereocenters. The van der Waals surface area contributed by atoms with Crippen LogP contribution in [0.4, 0.5) is 20.6 Å². The van der Waals surface area contributed by atoms with Crippen molar-refractivity contribution in [2.45, 2.75) is 12.8 Å². The van der Waals surface area contributed by atoms with Gasteiger partial charge in [-0.3, -0.25) is 14.9 Å². The van der Waals surface area contributed by atoms with Crippen LogP contribution in [0.15, 0.2) is 52.5 Å². The second kappa shape index (κ2) is 7.79. The van der Waals surface area contributed by atoms with Gasteiger partial charge in [0, 0.05) is 17.6 Å². The molecule has 4 rings (SSSR count). The Balaban J connectivity index is 1.67. The average molecular weight is 458 g/mol. The molecule has 8 heteroatoms. The monoisotopic (exact) mass is 457 g/mol. The van der Waals surface area contributed by atoms with Crippen LogP contribution in [0, 0.1) is 5.82 Å². The lowest BCUT2D eigenvalue weighted by molar-refractivity contribution is -0.122. The highest BCUT2D eigenvalue weighted by molar-refractivity contribution is 9.10. The van der Waals surface area contributed by atoms with E-state index in [1.54, 1.807) is 36.4 Å². The molecule has 0 spiro atoms. The summed E-state index contributed by atoms with van der Waals surface area (Å²) >= 11 is 3.30. The molecule has 29 heavy (non-hydrogen) atoms. The number of nitrogens with one attached hydrogen (secondary N) is 1. The number of barbiturate groups is 1. The van der Waals surface area contributed by atoms with Crippen molar-refractivity contribution in [1.82, 2.24) is 5.32 Å². The first-order chi connectivity index (χ1) is 13.9. The van der Waals surface area contributed by atoms with Crippen LogP contribution in [-0.4, -0.2) is 30.9 Å². The van der Waals surface area contributed by atoms with Gasteiger partial charge in [-0.2, -0.15) is 0 Å². The number of benzene rings is 2. The van der Waals surface area contributed by atoms with Gasteiger partial charge in [0.25, 0.3) is 11.8 Å². The van der Waals surface area contributed by atoms with Crippen molar-refractivity contribution < 1.29 is 18.8 Å². The lowest BCUT2D eigenvalue weighted by atomic mass is 10.1. The molecule has 1 N–H and O–H groups in total. The molecule has 2 aromatic carbocycles. The molecule has 0 saturated carbocycles. The normalized spacial score (nSPS) is 18.6. The van der Waals surface area contributed by atoms with E-state index in [1.807, 2.05) is 4.90 Å². The van der Waals surface area contributed by atoms with Gasteiger partial charge in [-0.1, -0.05) is 28.1 Å². The second-order valence-corrected chi connectivity index (χ2v) is 7.76. The summed E-state index contributed by atoms with van der Waals surface area (Å²) in [6, 6.07) is 10.4. The molecule has 2 aliphatic rings. The van der Waals surface area contributed by atoms with E-state index in [9.17, 15) is 18.8 Å². The number of hydrogen-bond acceptors (Lipinski definition) is 4. The van der Waals surface area contributed by atoms with E-state index in [2.05, 4.69) is 21.2 Å². The van der Waals surface area contributed by atoms with Crippen molar-refractivity contribution in [2.24, 2.45) is 0 Å². The Morgan fingerprint density at radius 3 is 2.48 bits per heavy atom. The lowest BCUT2D eigenvalue weighted by Crippen LogP contribution is -2.54. The molecule has 6 nitrogen and oxygen atoms in total. The number of halogens is 2. The fourth-order valence-corrected chi connectivity index (χ4v) is 3.89. The number of carbonyl (C=O) groups excluding carboxylic acids is 3. The summed E-state index contributed by atoms with van der Waals surface area (Å²) in [5, 5.41) is 2.16. The van der Waals surface area contributed by atoms with Crippen LogP contribution in [-0.2, 0) is 9.59 Å². The van der Waals surface area contributed by atoms with E-state index >= 15 is 0 Å². The van der Waals surface area contributed by atoms with Crippen LogP contribution in [0.2, 0.25) is 0 Å². The zero-order valence-electron chi connectivity index (χ0n) is 15.3. The molecular weight excluding hydrogens is 441 g/mol.